The van der Waals surface area contributed by atoms with Gasteiger partial charge in [-0.25, -0.2) is 4.39 Å². The van der Waals surface area contributed by atoms with Crippen molar-refractivity contribution in [3.05, 3.63) is 58.3 Å². The minimum absolute atomic E-state index is 0.0792. The molecule has 0 heterocycles. The highest BCUT2D eigenvalue weighted by Crippen LogP contribution is 2.20. The molecular formula is C15H14BrFN2O2. The summed E-state index contributed by atoms with van der Waals surface area (Å²) in [5.41, 5.74) is 6.70. The second-order valence-electron chi connectivity index (χ2n) is 4.59. The molecule has 0 aromatic heterocycles. The number of aromatic hydroxyl groups is 1. The molecule has 1 atom stereocenters. The summed E-state index contributed by atoms with van der Waals surface area (Å²) < 4.78 is 14.2. The van der Waals surface area contributed by atoms with Crippen LogP contribution >= 0.6 is 15.9 Å². The van der Waals surface area contributed by atoms with Crippen LogP contribution in [0, 0.1) is 5.82 Å². The van der Waals surface area contributed by atoms with Gasteiger partial charge in [0, 0.05) is 4.47 Å². The molecule has 4 nitrogen and oxygen atoms in total. The van der Waals surface area contributed by atoms with Crippen LogP contribution in [0.1, 0.15) is 5.56 Å². The molecule has 110 valence electrons. The Hall–Kier alpha value is -1.92. The average Bonchev–Trinajstić information content (AvgIpc) is 2.45. The fraction of sp³-hybridized carbons (Fsp3) is 0.133. The largest absolute Gasteiger partial charge is 0.508 e. The van der Waals surface area contributed by atoms with Crippen LogP contribution in [0.2, 0.25) is 0 Å². The number of benzene rings is 2. The van der Waals surface area contributed by atoms with Crippen molar-refractivity contribution in [3.8, 4) is 5.75 Å². The first-order valence-electron chi connectivity index (χ1n) is 6.25. The summed E-state index contributed by atoms with van der Waals surface area (Å²) in [7, 11) is 0. The van der Waals surface area contributed by atoms with E-state index in [0.717, 1.165) is 5.56 Å². The zero-order valence-corrected chi connectivity index (χ0v) is 12.6. The van der Waals surface area contributed by atoms with Crippen molar-refractivity contribution in [2.24, 2.45) is 5.73 Å². The Morgan fingerprint density at radius 3 is 2.62 bits per heavy atom. The molecule has 6 heteroatoms. The van der Waals surface area contributed by atoms with E-state index < -0.39 is 17.8 Å². The number of phenols is 1. The highest BCUT2D eigenvalue weighted by atomic mass is 79.9. The van der Waals surface area contributed by atoms with E-state index in [4.69, 9.17) is 5.73 Å². The van der Waals surface area contributed by atoms with Gasteiger partial charge in [-0.2, -0.15) is 0 Å². The molecule has 0 radical (unpaired) electrons. The standard InChI is InChI=1S/C15H14BrFN2O2/c16-10-3-6-12(17)14(8-10)19-15(21)13(18)7-9-1-4-11(20)5-2-9/h1-6,8,13,20H,7,18H2,(H,19,21)/t13-/m1/s1. The van der Waals surface area contributed by atoms with E-state index in [0.29, 0.717) is 10.9 Å². The van der Waals surface area contributed by atoms with E-state index in [1.807, 2.05) is 0 Å². The fourth-order valence-electron chi connectivity index (χ4n) is 1.80. The molecule has 2 aromatic rings. The van der Waals surface area contributed by atoms with E-state index in [1.165, 1.54) is 24.3 Å². The maximum atomic E-state index is 13.6. The predicted octanol–water partition coefficient (Wildman–Crippen LogP) is 2.80. The number of rotatable bonds is 4. The van der Waals surface area contributed by atoms with Crippen molar-refractivity contribution < 1.29 is 14.3 Å². The van der Waals surface area contributed by atoms with Gasteiger partial charge in [0.2, 0.25) is 5.91 Å². The third-order valence-corrected chi connectivity index (χ3v) is 3.41. The molecule has 0 aliphatic rings. The summed E-state index contributed by atoms with van der Waals surface area (Å²) in [6.45, 7) is 0. The van der Waals surface area contributed by atoms with E-state index >= 15 is 0 Å². The second-order valence-corrected chi connectivity index (χ2v) is 5.51. The summed E-state index contributed by atoms with van der Waals surface area (Å²) in [5, 5.41) is 11.7. The molecule has 0 unspecified atom stereocenters. The first kappa shape index (κ1) is 15.5. The summed E-state index contributed by atoms with van der Waals surface area (Å²) in [6, 6.07) is 9.87. The van der Waals surface area contributed by atoms with Crippen LogP contribution in [-0.2, 0) is 11.2 Å². The van der Waals surface area contributed by atoms with Crippen LogP contribution in [0.4, 0.5) is 10.1 Å². The molecule has 0 saturated heterocycles. The lowest BCUT2D eigenvalue weighted by atomic mass is 10.1. The lowest BCUT2D eigenvalue weighted by molar-refractivity contribution is -0.117. The number of carbonyl (C=O) groups excluding carboxylic acids is 1. The minimum atomic E-state index is -0.812. The van der Waals surface area contributed by atoms with E-state index in [2.05, 4.69) is 21.2 Å². The number of halogens is 2. The quantitative estimate of drug-likeness (QED) is 0.791. The van der Waals surface area contributed by atoms with Crippen molar-refractivity contribution in [2.75, 3.05) is 5.32 Å². The van der Waals surface area contributed by atoms with Crippen LogP contribution in [0.3, 0.4) is 0 Å². The minimum Gasteiger partial charge on any atom is -0.508 e. The molecule has 1 amide bonds. The number of hydrogen-bond donors (Lipinski definition) is 3. The van der Waals surface area contributed by atoms with Crippen LogP contribution in [0.15, 0.2) is 46.9 Å². The van der Waals surface area contributed by atoms with Crippen LogP contribution in [0.5, 0.6) is 5.75 Å². The summed E-state index contributed by atoms with van der Waals surface area (Å²) in [6.07, 6.45) is 0.293. The molecule has 0 aliphatic heterocycles. The molecule has 2 aromatic carbocycles. The third-order valence-electron chi connectivity index (χ3n) is 2.92. The van der Waals surface area contributed by atoms with Crippen LogP contribution in [0.25, 0.3) is 0 Å². The maximum absolute atomic E-state index is 13.6. The monoisotopic (exact) mass is 352 g/mol. The number of amides is 1. The smallest absolute Gasteiger partial charge is 0.241 e. The summed E-state index contributed by atoms with van der Waals surface area (Å²) in [4.78, 5) is 12.0. The van der Waals surface area contributed by atoms with Gasteiger partial charge >= 0.3 is 0 Å². The van der Waals surface area contributed by atoms with E-state index in [9.17, 15) is 14.3 Å². The molecule has 2 rings (SSSR count). The Kier molecular flexibility index (Phi) is 4.93. The van der Waals surface area contributed by atoms with Crippen LogP contribution < -0.4 is 11.1 Å². The van der Waals surface area contributed by atoms with Gasteiger partial charge in [-0.05, 0) is 42.3 Å². The zero-order valence-electron chi connectivity index (χ0n) is 11.0. The van der Waals surface area contributed by atoms with Gasteiger partial charge in [0.25, 0.3) is 0 Å². The number of nitrogens with one attached hydrogen (secondary N) is 1. The average molecular weight is 353 g/mol. The lowest BCUT2D eigenvalue weighted by Gasteiger charge is -2.13. The fourth-order valence-corrected chi connectivity index (χ4v) is 2.16. The van der Waals surface area contributed by atoms with Crippen molar-refractivity contribution in [3.63, 3.8) is 0 Å². The van der Waals surface area contributed by atoms with Crippen molar-refractivity contribution in [1.82, 2.24) is 0 Å². The van der Waals surface area contributed by atoms with Gasteiger partial charge in [-0.3, -0.25) is 4.79 Å². The lowest BCUT2D eigenvalue weighted by Crippen LogP contribution is -2.37. The van der Waals surface area contributed by atoms with E-state index in [-0.39, 0.29) is 11.4 Å². The number of phenolic OH excluding ortho intramolecular Hbond substituents is 1. The molecule has 0 fully saturated rings. The Balaban J connectivity index is 2.02. The van der Waals surface area contributed by atoms with E-state index in [1.54, 1.807) is 18.2 Å². The number of anilines is 1. The topological polar surface area (TPSA) is 75.3 Å². The van der Waals surface area contributed by atoms with Gasteiger partial charge in [-0.15, -0.1) is 0 Å². The SMILES string of the molecule is N[C@H](Cc1ccc(O)cc1)C(=O)Nc1cc(Br)ccc1F. The molecular weight excluding hydrogens is 339 g/mol. The molecule has 0 spiro atoms. The number of carbonyl (C=O) groups is 1. The molecule has 0 aliphatic carbocycles. The van der Waals surface area contributed by atoms with Crippen molar-refractivity contribution >= 4 is 27.5 Å². The summed E-state index contributed by atoms with van der Waals surface area (Å²) in [5.74, 6) is -0.851. The maximum Gasteiger partial charge on any atom is 0.241 e. The molecule has 21 heavy (non-hydrogen) atoms. The normalized spacial score (nSPS) is 12.0. The van der Waals surface area contributed by atoms with Gasteiger partial charge in [0.1, 0.15) is 11.6 Å². The van der Waals surface area contributed by atoms with Gasteiger partial charge in [-0.1, -0.05) is 28.1 Å². The highest BCUT2D eigenvalue weighted by Gasteiger charge is 2.16. The Labute approximate surface area is 129 Å². The third kappa shape index (κ3) is 4.27. The molecule has 0 bridgehead atoms. The Morgan fingerprint density at radius 2 is 1.95 bits per heavy atom. The first-order chi connectivity index (χ1) is 9.95. The number of hydrogen-bond acceptors (Lipinski definition) is 3. The number of nitrogens with two attached hydrogens (primary N) is 1. The van der Waals surface area contributed by atoms with Crippen molar-refractivity contribution in [1.29, 1.82) is 0 Å². The zero-order chi connectivity index (χ0) is 15.4. The molecule has 4 N–H and O–H groups in total. The first-order valence-corrected chi connectivity index (χ1v) is 7.04. The predicted molar refractivity (Wildman–Crippen MR) is 82.5 cm³/mol. The van der Waals surface area contributed by atoms with Gasteiger partial charge < -0.3 is 16.2 Å². The summed E-state index contributed by atoms with van der Waals surface area (Å²) >= 11 is 3.21. The van der Waals surface area contributed by atoms with Crippen molar-refractivity contribution in [2.45, 2.75) is 12.5 Å². The molecule has 0 saturated carbocycles. The van der Waals surface area contributed by atoms with Crippen LogP contribution in [-0.4, -0.2) is 17.1 Å². The van der Waals surface area contributed by atoms with Gasteiger partial charge in [0.05, 0.1) is 11.7 Å². The highest BCUT2D eigenvalue weighted by molar-refractivity contribution is 9.10. The van der Waals surface area contributed by atoms with Gasteiger partial charge in [0.15, 0.2) is 0 Å². The Morgan fingerprint density at radius 1 is 1.29 bits per heavy atom. The Bertz CT molecular complexity index is 647. The second kappa shape index (κ2) is 6.69.